The lowest BCUT2D eigenvalue weighted by atomic mass is 10.1. The Bertz CT molecular complexity index is 1120. The van der Waals surface area contributed by atoms with Crippen LogP contribution in [0.15, 0.2) is 0 Å². The first-order chi connectivity index (χ1) is 19.8. The number of nitrogens with one attached hydrogen (secondary N) is 4. The van der Waals surface area contributed by atoms with Crippen LogP contribution in [0.3, 0.4) is 0 Å². The van der Waals surface area contributed by atoms with E-state index >= 15 is 0 Å². The minimum absolute atomic E-state index is 0.607. The van der Waals surface area contributed by atoms with Crippen molar-refractivity contribution in [3.05, 3.63) is 0 Å². The van der Waals surface area contributed by atoms with Crippen molar-refractivity contribution in [3.63, 3.8) is 0 Å². The van der Waals surface area contributed by atoms with E-state index < -0.39 is 135 Å². The van der Waals surface area contributed by atoms with Crippen molar-refractivity contribution in [1.29, 1.82) is 0 Å². The SMILES string of the molecule is N[C@@H](CC(=O)O)C(=O)N[C@@H](CCC(=O)O)C(=O)N[C@@H](CCC(=O)O)C(=O)N[C@@H](CC(=O)O)C(=O)N[C@@H](CC(=O)O)C(=O)O. The summed E-state index contributed by atoms with van der Waals surface area (Å²) in [5, 5.41) is 61.5. The average molecular weight is 622 g/mol. The highest BCUT2D eigenvalue weighted by molar-refractivity contribution is 5.97. The number of aliphatic carboxylic acids is 6. The zero-order chi connectivity index (χ0) is 33.4. The van der Waals surface area contributed by atoms with Crippen LogP contribution in [0, 0.1) is 0 Å². The third-order valence-corrected chi connectivity index (χ3v) is 5.30. The summed E-state index contributed by atoms with van der Waals surface area (Å²) in [5.74, 6) is -14.8. The molecule has 0 saturated carbocycles. The molecule has 0 aliphatic rings. The van der Waals surface area contributed by atoms with Gasteiger partial charge in [-0.05, 0) is 12.8 Å². The Balaban J connectivity index is 6.04. The highest BCUT2D eigenvalue weighted by Crippen LogP contribution is 2.06. The first-order valence-electron chi connectivity index (χ1n) is 12.1. The predicted octanol–water partition coefficient (Wildman–Crippen LogP) is -4.51. The van der Waals surface area contributed by atoms with Crippen molar-refractivity contribution in [2.75, 3.05) is 0 Å². The highest BCUT2D eigenvalue weighted by Gasteiger charge is 2.33. The Hall–Kier alpha value is -5.34. The van der Waals surface area contributed by atoms with E-state index in [9.17, 15) is 47.9 Å². The number of carbonyl (C=O) groups is 10. The minimum Gasteiger partial charge on any atom is -0.481 e. The Morgan fingerprint density at radius 3 is 1.14 bits per heavy atom. The summed E-state index contributed by atoms with van der Waals surface area (Å²) in [6.45, 7) is 0. The summed E-state index contributed by atoms with van der Waals surface area (Å²) in [4.78, 5) is 117. The summed E-state index contributed by atoms with van der Waals surface area (Å²) in [6.07, 6.45) is -5.97. The molecule has 21 heteroatoms. The van der Waals surface area contributed by atoms with Gasteiger partial charge in [-0.1, -0.05) is 0 Å². The van der Waals surface area contributed by atoms with Crippen LogP contribution in [0.4, 0.5) is 0 Å². The molecule has 21 nitrogen and oxygen atoms in total. The number of carbonyl (C=O) groups excluding carboxylic acids is 4. The fourth-order valence-electron chi connectivity index (χ4n) is 3.21. The van der Waals surface area contributed by atoms with Gasteiger partial charge in [0.1, 0.15) is 24.2 Å². The van der Waals surface area contributed by atoms with Crippen LogP contribution in [-0.2, 0) is 47.9 Å². The van der Waals surface area contributed by atoms with Crippen LogP contribution in [0.1, 0.15) is 44.9 Å². The van der Waals surface area contributed by atoms with Gasteiger partial charge in [0, 0.05) is 12.8 Å². The molecule has 0 heterocycles. The van der Waals surface area contributed by atoms with Gasteiger partial charge in [-0.3, -0.25) is 43.2 Å². The molecule has 12 N–H and O–H groups in total. The van der Waals surface area contributed by atoms with Gasteiger partial charge in [-0.25, -0.2) is 4.79 Å². The highest BCUT2D eigenvalue weighted by atomic mass is 16.4. The van der Waals surface area contributed by atoms with Gasteiger partial charge in [0.25, 0.3) is 0 Å². The van der Waals surface area contributed by atoms with Gasteiger partial charge in [0.2, 0.25) is 23.6 Å². The molecule has 4 amide bonds. The first kappa shape index (κ1) is 37.7. The molecule has 0 aromatic rings. The molecule has 0 rings (SSSR count). The summed E-state index contributed by atoms with van der Waals surface area (Å²) in [5.41, 5.74) is 5.43. The second kappa shape index (κ2) is 18.2. The molecule has 0 fully saturated rings. The number of rotatable bonds is 21. The zero-order valence-electron chi connectivity index (χ0n) is 22.2. The molecule has 43 heavy (non-hydrogen) atoms. The predicted molar refractivity (Wildman–Crippen MR) is 134 cm³/mol. The number of carboxylic acids is 6. The van der Waals surface area contributed by atoms with E-state index in [0.717, 1.165) is 0 Å². The summed E-state index contributed by atoms with van der Waals surface area (Å²) < 4.78 is 0. The van der Waals surface area contributed by atoms with Crippen LogP contribution >= 0.6 is 0 Å². The standard InChI is InChI=1S/C22H31N5O16/c23-8(5-15(32)33)18(38)24-9(1-3-13(28)29)19(39)25-10(2-4-14(30)31)20(40)26-11(6-16(34)35)21(41)27-12(22(42)43)7-17(36)37/h8-12H,1-7,23H2,(H,24,38)(H,25,39)(H,26,40)(H,27,41)(H,28,29)(H,30,31)(H,32,33)(H,34,35)(H,36,37)(H,42,43)/t8-,9-,10-,11-,12-/m0/s1. The molecule has 240 valence electrons. The van der Waals surface area contributed by atoms with E-state index in [4.69, 9.17) is 36.4 Å². The van der Waals surface area contributed by atoms with Crippen LogP contribution in [0.5, 0.6) is 0 Å². The quantitative estimate of drug-likeness (QED) is 0.0575. The third kappa shape index (κ3) is 15.9. The van der Waals surface area contributed by atoms with E-state index in [1.165, 1.54) is 0 Å². The second-order valence-electron chi connectivity index (χ2n) is 8.85. The number of hydrogen-bond donors (Lipinski definition) is 11. The van der Waals surface area contributed by atoms with Crippen molar-refractivity contribution >= 4 is 59.4 Å². The zero-order valence-corrected chi connectivity index (χ0v) is 22.2. The number of nitrogens with two attached hydrogens (primary N) is 1. The fourth-order valence-corrected chi connectivity index (χ4v) is 3.21. The van der Waals surface area contributed by atoms with E-state index in [-0.39, 0.29) is 0 Å². The summed E-state index contributed by atoms with van der Waals surface area (Å²) in [6, 6.07) is -9.36. The van der Waals surface area contributed by atoms with Gasteiger partial charge < -0.3 is 57.6 Å². The minimum atomic E-state index is -2.05. The maximum Gasteiger partial charge on any atom is 0.326 e. The molecule has 5 atom stereocenters. The number of carboxylic acid groups (broad SMARTS) is 6. The van der Waals surface area contributed by atoms with Crippen molar-refractivity contribution in [2.45, 2.75) is 75.2 Å². The molecule has 0 aromatic carbocycles. The van der Waals surface area contributed by atoms with Gasteiger partial charge in [0.05, 0.1) is 25.3 Å². The average Bonchev–Trinajstić information content (AvgIpc) is 2.86. The maximum absolute atomic E-state index is 13.0. The van der Waals surface area contributed by atoms with E-state index in [1.807, 2.05) is 16.0 Å². The van der Waals surface area contributed by atoms with Crippen molar-refractivity contribution < 1.29 is 78.6 Å². The lowest BCUT2D eigenvalue weighted by Gasteiger charge is -2.25. The number of hydrogen-bond acceptors (Lipinski definition) is 11. The normalized spacial score (nSPS) is 14.0. The molecule has 0 aromatic heterocycles. The molecular formula is C22H31N5O16. The smallest absolute Gasteiger partial charge is 0.326 e. The second-order valence-corrected chi connectivity index (χ2v) is 8.85. The lowest BCUT2D eigenvalue weighted by molar-refractivity contribution is -0.148. The van der Waals surface area contributed by atoms with Crippen LogP contribution in [0.25, 0.3) is 0 Å². The summed E-state index contributed by atoms with van der Waals surface area (Å²) >= 11 is 0. The molecular weight excluding hydrogens is 590 g/mol. The molecule has 0 bridgehead atoms. The van der Waals surface area contributed by atoms with Gasteiger partial charge in [-0.15, -0.1) is 0 Å². The van der Waals surface area contributed by atoms with Crippen molar-refractivity contribution in [2.24, 2.45) is 5.73 Å². The topological polar surface area (TPSA) is 366 Å². The van der Waals surface area contributed by atoms with Crippen molar-refractivity contribution in [3.8, 4) is 0 Å². The Labute approximate surface area is 240 Å². The van der Waals surface area contributed by atoms with Gasteiger partial charge in [0.15, 0.2) is 0 Å². The van der Waals surface area contributed by atoms with E-state index in [1.54, 1.807) is 5.32 Å². The molecule has 0 aliphatic heterocycles. The molecule has 0 aliphatic carbocycles. The van der Waals surface area contributed by atoms with Gasteiger partial charge in [-0.2, -0.15) is 0 Å². The van der Waals surface area contributed by atoms with E-state index in [0.29, 0.717) is 0 Å². The first-order valence-corrected chi connectivity index (χ1v) is 12.1. The molecule has 0 unspecified atom stereocenters. The monoisotopic (exact) mass is 621 g/mol. The number of amides is 4. The van der Waals surface area contributed by atoms with Crippen LogP contribution < -0.4 is 27.0 Å². The fraction of sp³-hybridized carbons (Fsp3) is 0.545. The molecule has 0 saturated heterocycles. The molecule has 0 radical (unpaired) electrons. The molecule has 0 spiro atoms. The third-order valence-electron chi connectivity index (χ3n) is 5.30. The lowest BCUT2D eigenvalue weighted by Crippen LogP contribution is -2.59. The Kier molecular flexibility index (Phi) is 15.9. The maximum atomic E-state index is 13.0. The largest absolute Gasteiger partial charge is 0.481 e. The van der Waals surface area contributed by atoms with Crippen molar-refractivity contribution in [1.82, 2.24) is 21.3 Å². The van der Waals surface area contributed by atoms with Crippen LogP contribution in [-0.4, -0.2) is 120 Å². The Morgan fingerprint density at radius 2 is 0.767 bits per heavy atom. The van der Waals surface area contributed by atoms with E-state index in [2.05, 4.69) is 0 Å². The van der Waals surface area contributed by atoms with Crippen LogP contribution in [0.2, 0.25) is 0 Å². The Morgan fingerprint density at radius 1 is 0.442 bits per heavy atom. The van der Waals surface area contributed by atoms with Gasteiger partial charge >= 0.3 is 35.8 Å². The summed E-state index contributed by atoms with van der Waals surface area (Å²) in [7, 11) is 0.